The first-order valence-corrected chi connectivity index (χ1v) is 9.04. The number of nitrogens with zero attached hydrogens (tertiary/aromatic N) is 4. The molecule has 1 aromatic carbocycles. The van der Waals surface area contributed by atoms with Crippen molar-refractivity contribution < 1.29 is 9.18 Å². The fourth-order valence-electron chi connectivity index (χ4n) is 3.15. The summed E-state index contributed by atoms with van der Waals surface area (Å²) >= 11 is 1.50. The third-order valence-electron chi connectivity index (χ3n) is 4.48. The van der Waals surface area contributed by atoms with E-state index in [0.29, 0.717) is 6.54 Å². The van der Waals surface area contributed by atoms with Gasteiger partial charge >= 0.3 is 0 Å². The van der Waals surface area contributed by atoms with Gasteiger partial charge in [-0.2, -0.15) is 0 Å². The molecule has 2 aromatic heterocycles. The number of hydrogen-bond acceptors (Lipinski definition) is 5. The number of amides is 1. The minimum Gasteiger partial charge on any atom is -0.359 e. The van der Waals surface area contributed by atoms with E-state index < -0.39 is 0 Å². The summed E-state index contributed by atoms with van der Waals surface area (Å²) in [5.41, 5.74) is 1.63. The number of fused-ring (bicyclic) bond motifs is 1. The molecule has 0 saturated carbocycles. The van der Waals surface area contributed by atoms with E-state index in [2.05, 4.69) is 20.3 Å². The van der Waals surface area contributed by atoms with E-state index in [0.717, 1.165) is 40.7 Å². The number of hydrogen-bond donors (Lipinski definition) is 1. The molecular weight excluding hydrogens is 341 g/mol. The molecule has 1 aliphatic heterocycles. The Morgan fingerprint density at radius 2 is 2.16 bits per heavy atom. The minimum absolute atomic E-state index is 0.00440. The van der Waals surface area contributed by atoms with Crippen LogP contribution >= 0.6 is 11.3 Å². The van der Waals surface area contributed by atoms with Crippen molar-refractivity contribution in [3.8, 4) is 11.3 Å². The monoisotopic (exact) mass is 359 g/mol. The van der Waals surface area contributed by atoms with E-state index >= 15 is 0 Å². The summed E-state index contributed by atoms with van der Waals surface area (Å²) in [4.78, 5) is 19.4. The zero-order valence-corrected chi connectivity index (χ0v) is 14.6. The molecule has 0 spiro atoms. The number of imidazole rings is 1. The quantitative estimate of drug-likeness (QED) is 0.781. The normalized spacial score (nSPS) is 17.8. The molecule has 0 unspecified atom stereocenters. The van der Waals surface area contributed by atoms with Gasteiger partial charge in [-0.15, -0.1) is 5.10 Å². The molecule has 1 fully saturated rings. The Bertz CT molecular complexity index is 872. The van der Waals surface area contributed by atoms with Crippen molar-refractivity contribution in [3.63, 3.8) is 0 Å². The van der Waals surface area contributed by atoms with Crippen molar-refractivity contribution in [2.24, 2.45) is 5.92 Å². The predicted octanol–water partition coefficient (Wildman–Crippen LogP) is 2.56. The molecule has 6 nitrogen and oxygen atoms in total. The van der Waals surface area contributed by atoms with Crippen LogP contribution in [0.15, 0.2) is 30.5 Å². The molecule has 25 heavy (non-hydrogen) atoms. The molecular formula is C17H18FN5OS. The zero-order valence-electron chi connectivity index (χ0n) is 13.8. The lowest BCUT2D eigenvalue weighted by Gasteiger charge is -2.31. The maximum absolute atomic E-state index is 13.0. The Morgan fingerprint density at radius 1 is 1.36 bits per heavy atom. The number of rotatable bonds is 3. The SMILES string of the molecule is CNC(=O)[C@H]1CCCN(c2nn3cc(-c4ccc(F)cc4)nc3s2)C1. The summed E-state index contributed by atoms with van der Waals surface area (Å²) in [6, 6.07) is 6.27. The van der Waals surface area contributed by atoms with Crippen LogP contribution in [0, 0.1) is 11.7 Å². The van der Waals surface area contributed by atoms with Crippen LogP contribution in [0.3, 0.4) is 0 Å². The summed E-state index contributed by atoms with van der Waals surface area (Å²) < 4.78 is 14.8. The summed E-state index contributed by atoms with van der Waals surface area (Å²) in [6.45, 7) is 1.58. The van der Waals surface area contributed by atoms with Gasteiger partial charge in [-0.25, -0.2) is 13.9 Å². The molecule has 4 rings (SSSR count). The summed E-state index contributed by atoms with van der Waals surface area (Å²) in [5, 5.41) is 8.22. The second kappa shape index (κ2) is 6.44. The lowest BCUT2D eigenvalue weighted by molar-refractivity contribution is -0.124. The first-order valence-electron chi connectivity index (χ1n) is 8.23. The largest absolute Gasteiger partial charge is 0.359 e. The number of anilines is 1. The van der Waals surface area contributed by atoms with Crippen molar-refractivity contribution in [2.75, 3.05) is 25.0 Å². The van der Waals surface area contributed by atoms with Gasteiger partial charge in [0, 0.05) is 25.7 Å². The fraction of sp³-hybridized carbons (Fsp3) is 0.353. The topological polar surface area (TPSA) is 62.5 Å². The Hall–Kier alpha value is -2.48. The maximum atomic E-state index is 13.0. The molecule has 130 valence electrons. The molecule has 1 atom stereocenters. The molecule has 1 aliphatic rings. The van der Waals surface area contributed by atoms with Crippen LogP contribution in [0.5, 0.6) is 0 Å². The van der Waals surface area contributed by atoms with Crippen molar-refractivity contribution in [2.45, 2.75) is 12.8 Å². The Balaban J connectivity index is 1.57. The molecule has 1 amide bonds. The van der Waals surface area contributed by atoms with E-state index in [1.54, 1.807) is 23.7 Å². The number of piperidine rings is 1. The Kier molecular flexibility index (Phi) is 4.12. The van der Waals surface area contributed by atoms with Gasteiger partial charge in [0.1, 0.15) is 5.82 Å². The van der Waals surface area contributed by atoms with Gasteiger partial charge in [0.05, 0.1) is 17.8 Å². The Labute approximate surface area is 148 Å². The smallest absolute Gasteiger partial charge is 0.224 e. The van der Waals surface area contributed by atoms with Crippen LogP contribution in [0.4, 0.5) is 9.52 Å². The van der Waals surface area contributed by atoms with Crippen LogP contribution in [-0.2, 0) is 4.79 Å². The molecule has 0 bridgehead atoms. The summed E-state index contributed by atoms with van der Waals surface area (Å²) in [6.07, 6.45) is 3.73. The highest BCUT2D eigenvalue weighted by atomic mass is 32.1. The van der Waals surface area contributed by atoms with Crippen molar-refractivity contribution in [3.05, 3.63) is 36.3 Å². The highest BCUT2D eigenvalue weighted by Crippen LogP contribution is 2.29. The number of carbonyl (C=O) groups is 1. The molecule has 3 aromatic rings. The van der Waals surface area contributed by atoms with Gasteiger partial charge in [0.2, 0.25) is 16.0 Å². The van der Waals surface area contributed by atoms with Crippen LogP contribution in [0.1, 0.15) is 12.8 Å². The number of benzene rings is 1. The van der Waals surface area contributed by atoms with E-state index in [-0.39, 0.29) is 17.6 Å². The van der Waals surface area contributed by atoms with E-state index in [1.165, 1.54) is 23.5 Å². The van der Waals surface area contributed by atoms with Crippen molar-refractivity contribution in [1.82, 2.24) is 19.9 Å². The van der Waals surface area contributed by atoms with Crippen LogP contribution in [-0.4, -0.2) is 40.6 Å². The lowest BCUT2D eigenvalue weighted by Crippen LogP contribution is -2.42. The van der Waals surface area contributed by atoms with Gasteiger partial charge in [0.25, 0.3) is 0 Å². The fourth-order valence-corrected chi connectivity index (χ4v) is 4.06. The number of aromatic nitrogens is 3. The van der Waals surface area contributed by atoms with Crippen molar-refractivity contribution in [1.29, 1.82) is 0 Å². The molecule has 1 N–H and O–H groups in total. The molecule has 1 saturated heterocycles. The first-order chi connectivity index (χ1) is 12.1. The van der Waals surface area contributed by atoms with Gasteiger partial charge in [-0.05, 0) is 37.1 Å². The number of nitrogens with one attached hydrogen (secondary N) is 1. The van der Waals surface area contributed by atoms with Crippen LogP contribution in [0.2, 0.25) is 0 Å². The summed E-state index contributed by atoms with van der Waals surface area (Å²) in [7, 11) is 1.68. The second-order valence-corrected chi connectivity index (χ2v) is 7.08. The van der Waals surface area contributed by atoms with Crippen molar-refractivity contribution >= 4 is 27.3 Å². The standard InChI is InChI=1S/C17H18FN5OS/c1-19-15(24)12-3-2-8-22(9-12)17-21-23-10-14(20-16(23)25-17)11-4-6-13(18)7-5-11/h4-7,10,12H,2-3,8-9H2,1H3,(H,19,24)/t12-/m0/s1. The first kappa shape index (κ1) is 16.0. The third-order valence-corrected chi connectivity index (χ3v) is 5.46. The van der Waals surface area contributed by atoms with Gasteiger partial charge in [-0.1, -0.05) is 11.3 Å². The predicted molar refractivity (Wildman–Crippen MR) is 95.3 cm³/mol. The average molecular weight is 359 g/mol. The molecule has 8 heteroatoms. The minimum atomic E-state index is -0.263. The molecule has 0 aliphatic carbocycles. The lowest BCUT2D eigenvalue weighted by atomic mass is 9.98. The second-order valence-electron chi connectivity index (χ2n) is 6.14. The summed E-state index contributed by atoms with van der Waals surface area (Å²) in [5.74, 6) is -0.171. The zero-order chi connectivity index (χ0) is 17.4. The molecule has 0 radical (unpaired) electrons. The van der Waals surface area contributed by atoms with Crippen LogP contribution < -0.4 is 10.2 Å². The highest BCUT2D eigenvalue weighted by Gasteiger charge is 2.27. The third kappa shape index (κ3) is 3.09. The Morgan fingerprint density at radius 3 is 2.88 bits per heavy atom. The molecule has 3 heterocycles. The van der Waals surface area contributed by atoms with Gasteiger partial charge in [0.15, 0.2) is 0 Å². The van der Waals surface area contributed by atoms with E-state index in [1.807, 2.05) is 6.20 Å². The highest BCUT2D eigenvalue weighted by molar-refractivity contribution is 7.20. The number of carbonyl (C=O) groups excluding carboxylic acids is 1. The average Bonchev–Trinajstić information content (AvgIpc) is 3.21. The van der Waals surface area contributed by atoms with E-state index in [4.69, 9.17) is 0 Å². The van der Waals surface area contributed by atoms with E-state index in [9.17, 15) is 9.18 Å². The van der Waals surface area contributed by atoms with Gasteiger partial charge < -0.3 is 10.2 Å². The van der Waals surface area contributed by atoms with Crippen LogP contribution in [0.25, 0.3) is 16.2 Å². The maximum Gasteiger partial charge on any atom is 0.224 e. The number of halogens is 1. The van der Waals surface area contributed by atoms with Gasteiger partial charge in [-0.3, -0.25) is 4.79 Å².